The standard InChI is InChI=1S/C14H21BrN2O2S/c1-14(7-3-2-4-8-14)10-17-20(18,19)11-5-6-13(16)12(15)9-11/h5-6,9,17H,2-4,7-8,10,16H2,1H3. The lowest BCUT2D eigenvalue weighted by Gasteiger charge is -2.33. The number of anilines is 1. The van der Waals surface area contributed by atoms with E-state index in [0.29, 0.717) is 16.7 Å². The Morgan fingerprint density at radius 3 is 2.55 bits per heavy atom. The average Bonchev–Trinajstić information content (AvgIpc) is 2.41. The van der Waals surface area contributed by atoms with Gasteiger partial charge in [0.15, 0.2) is 0 Å². The number of sulfonamides is 1. The Morgan fingerprint density at radius 2 is 1.95 bits per heavy atom. The first-order valence-electron chi connectivity index (χ1n) is 6.87. The highest BCUT2D eigenvalue weighted by atomic mass is 79.9. The Kier molecular flexibility index (Phi) is 4.76. The van der Waals surface area contributed by atoms with Crippen LogP contribution in [0.2, 0.25) is 0 Å². The topological polar surface area (TPSA) is 72.2 Å². The summed E-state index contributed by atoms with van der Waals surface area (Å²) >= 11 is 3.26. The Hall–Kier alpha value is -0.590. The molecule has 0 bridgehead atoms. The molecule has 1 saturated carbocycles. The van der Waals surface area contributed by atoms with E-state index >= 15 is 0 Å². The third-order valence-electron chi connectivity index (χ3n) is 4.03. The third kappa shape index (κ3) is 3.74. The van der Waals surface area contributed by atoms with Gasteiger partial charge in [-0.3, -0.25) is 0 Å². The first-order valence-corrected chi connectivity index (χ1v) is 9.15. The van der Waals surface area contributed by atoms with E-state index in [1.54, 1.807) is 12.1 Å². The van der Waals surface area contributed by atoms with Crippen LogP contribution in [0.4, 0.5) is 5.69 Å². The van der Waals surface area contributed by atoms with Crippen molar-refractivity contribution in [1.29, 1.82) is 0 Å². The summed E-state index contributed by atoms with van der Waals surface area (Å²) in [4.78, 5) is 0.248. The second-order valence-corrected chi connectivity index (χ2v) is 8.50. The van der Waals surface area contributed by atoms with E-state index in [-0.39, 0.29) is 10.3 Å². The zero-order chi connectivity index (χ0) is 14.8. The zero-order valence-electron chi connectivity index (χ0n) is 11.7. The number of nitrogen functional groups attached to an aromatic ring is 1. The van der Waals surface area contributed by atoms with Gasteiger partial charge < -0.3 is 5.73 Å². The van der Waals surface area contributed by atoms with Crippen molar-refractivity contribution in [3.63, 3.8) is 0 Å². The summed E-state index contributed by atoms with van der Waals surface area (Å²) < 4.78 is 28.0. The van der Waals surface area contributed by atoms with Gasteiger partial charge in [0.2, 0.25) is 10.0 Å². The predicted octanol–water partition coefficient (Wildman–Crippen LogP) is 3.28. The average molecular weight is 361 g/mol. The molecule has 3 N–H and O–H groups in total. The number of nitrogens with two attached hydrogens (primary N) is 1. The Bertz CT molecular complexity index is 581. The molecule has 0 heterocycles. The molecule has 1 aromatic carbocycles. The van der Waals surface area contributed by atoms with Crippen LogP contribution in [-0.4, -0.2) is 15.0 Å². The van der Waals surface area contributed by atoms with Gasteiger partial charge in [-0.2, -0.15) is 0 Å². The van der Waals surface area contributed by atoms with E-state index in [1.165, 1.54) is 25.3 Å². The molecule has 1 aliphatic carbocycles. The van der Waals surface area contributed by atoms with Crippen molar-refractivity contribution in [2.45, 2.75) is 43.9 Å². The Labute approximate surface area is 129 Å². The van der Waals surface area contributed by atoms with Gasteiger partial charge in [-0.25, -0.2) is 13.1 Å². The van der Waals surface area contributed by atoms with Gasteiger partial charge in [-0.05, 0) is 52.4 Å². The highest BCUT2D eigenvalue weighted by molar-refractivity contribution is 9.10. The maximum Gasteiger partial charge on any atom is 0.240 e. The molecule has 0 amide bonds. The minimum absolute atomic E-state index is 0.0797. The third-order valence-corrected chi connectivity index (χ3v) is 6.12. The molecule has 0 spiro atoms. The van der Waals surface area contributed by atoms with Gasteiger partial charge in [-0.1, -0.05) is 26.2 Å². The number of halogens is 1. The van der Waals surface area contributed by atoms with Crippen LogP contribution in [0.3, 0.4) is 0 Å². The highest BCUT2D eigenvalue weighted by Crippen LogP contribution is 2.35. The van der Waals surface area contributed by atoms with Gasteiger partial charge in [0.25, 0.3) is 0 Å². The minimum Gasteiger partial charge on any atom is -0.398 e. The molecule has 6 heteroatoms. The molecule has 1 aliphatic rings. The van der Waals surface area contributed by atoms with Crippen molar-refractivity contribution in [2.75, 3.05) is 12.3 Å². The van der Waals surface area contributed by atoms with Crippen LogP contribution in [0.25, 0.3) is 0 Å². The molecule has 0 atom stereocenters. The SMILES string of the molecule is CC1(CNS(=O)(=O)c2ccc(N)c(Br)c2)CCCCC1. The number of rotatable bonds is 4. The van der Waals surface area contributed by atoms with E-state index in [9.17, 15) is 8.42 Å². The summed E-state index contributed by atoms with van der Waals surface area (Å²) in [5, 5.41) is 0. The van der Waals surface area contributed by atoms with Gasteiger partial charge in [0.05, 0.1) is 4.90 Å². The quantitative estimate of drug-likeness (QED) is 0.809. The molecule has 0 unspecified atom stereocenters. The minimum atomic E-state index is -3.47. The first kappa shape index (κ1) is 15.8. The van der Waals surface area contributed by atoms with Crippen molar-refractivity contribution in [3.8, 4) is 0 Å². The van der Waals surface area contributed by atoms with Gasteiger partial charge in [0, 0.05) is 16.7 Å². The molecule has 0 aliphatic heterocycles. The van der Waals surface area contributed by atoms with Gasteiger partial charge >= 0.3 is 0 Å². The van der Waals surface area contributed by atoms with E-state index in [4.69, 9.17) is 5.73 Å². The van der Waals surface area contributed by atoms with Crippen LogP contribution >= 0.6 is 15.9 Å². The van der Waals surface area contributed by atoms with Crippen LogP contribution in [0.1, 0.15) is 39.0 Å². The molecular weight excluding hydrogens is 340 g/mol. The Morgan fingerprint density at radius 1 is 1.30 bits per heavy atom. The van der Waals surface area contributed by atoms with Crippen LogP contribution in [0.15, 0.2) is 27.6 Å². The van der Waals surface area contributed by atoms with Crippen molar-refractivity contribution in [2.24, 2.45) is 5.41 Å². The second-order valence-electron chi connectivity index (χ2n) is 5.88. The lowest BCUT2D eigenvalue weighted by atomic mass is 9.76. The molecule has 1 fully saturated rings. The summed E-state index contributed by atoms with van der Waals surface area (Å²) in [5.74, 6) is 0. The van der Waals surface area contributed by atoms with Crippen molar-refractivity contribution in [3.05, 3.63) is 22.7 Å². The fourth-order valence-electron chi connectivity index (χ4n) is 2.61. The summed E-state index contributed by atoms with van der Waals surface area (Å²) in [5.41, 5.74) is 6.29. The highest BCUT2D eigenvalue weighted by Gasteiger charge is 2.28. The van der Waals surface area contributed by atoms with E-state index in [1.807, 2.05) is 0 Å². The number of hydrogen-bond acceptors (Lipinski definition) is 3. The lowest BCUT2D eigenvalue weighted by Crippen LogP contribution is -2.37. The summed E-state index contributed by atoms with van der Waals surface area (Å²) in [6, 6.07) is 4.67. The Balaban J connectivity index is 2.09. The summed E-state index contributed by atoms with van der Waals surface area (Å²) in [6.07, 6.45) is 5.80. The molecule has 0 radical (unpaired) electrons. The van der Waals surface area contributed by atoms with E-state index in [0.717, 1.165) is 12.8 Å². The van der Waals surface area contributed by atoms with Crippen molar-refractivity contribution >= 4 is 31.6 Å². The van der Waals surface area contributed by atoms with E-state index in [2.05, 4.69) is 27.6 Å². The monoisotopic (exact) mass is 360 g/mol. The van der Waals surface area contributed by atoms with Crippen LogP contribution in [0, 0.1) is 5.41 Å². The fourth-order valence-corrected chi connectivity index (χ4v) is 4.37. The lowest BCUT2D eigenvalue weighted by molar-refractivity contribution is 0.219. The van der Waals surface area contributed by atoms with Crippen LogP contribution in [0.5, 0.6) is 0 Å². The molecule has 1 aromatic rings. The summed E-state index contributed by atoms with van der Waals surface area (Å²) in [7, 11) is -3.47. The van der Waals surface area contributed by atoms with Crippen molar-refractivity contribution < 1.29 is 8.42 Å². The van der Waals surface area contributed by atoms with Crippen LogP contribution < -0.4 is 10.5 Å². The zero-order valence-corrected chi connectivity index (χ0v) is 14.1. The van der Waals surface area contributed by atoms with Crippen LogP contribution in [-0.2, 0) is 10.0 Å². The smallest absolute Gasteiger partial charge is 0.240 e. The van der Waals surface area contributed by atoms with Gasteiger partial charge in [-0.15, -0.1) is 0 Å². The molecule has 0 saturated heterocycles. The largest absolute Gasteiger partial charge is 0.398 e. The predicted molar refractivity (Wildman–Crippen MR) is 84.9 cm³/mol. The second kappa shape index (κ2) is 6.03. The first-order chi connectivity index (χ1) is 9.32. The molecule has 2 rings (SSSR count). The number of nitrogens with one attached hydrogen (secondary N) is 1. The van der Waals surface area contributed by atoms with Gasteiger partial charge in [0.1, 0.15) is 0 Å². The molecule has 112 valence electrons. The molecule has 20 heavy (non-hydrogen) atoms. The molecular formula is C14H21BrN2O2S. The number of hydrogen-bond donors (Lipinski definition) is 2. The van der Waals surface area contributed by atoms with E-state index < -0.39 is 10.0 Å². The maximum absolute atomic E-state index is 12.3. The molecule has 4 nitrogen and oxygen atoms in total. The number of benzene rings is 1. The summed E-state index contributed by atoms with van der Waals surface area (Å²) in [6.45, 7) is 2.66. The fraction of sp³-hybridized carbons (Fsp3) is 0.571. The molecule has 0 aromatic heterocycles. The normalized spacial score (nSPS) is 18.9. The maximum atomic E-state index is 12.3. The van der Waals surface area contributed by atoms with Crippen molar-refractivity contribution in [1.82, 2.24) is 4.72 Å².